The van der Waals surface area contributed by atoms with Gasteiger partial charge in [-0.05, 0) is 85.5 Å². The molecule has 0 bridgehead atoms. The molecular formula is C25H36O4. The zero-order chi connectivity index (χ0) is 20.6. The molecule has 1 aromatic rings. The average Bonchev–Trinajstić information content (AvgIpc) is 3.03. The van der Waals surface area contributed by atoms with Crippen LogP contribution in [0.5, 0.6) is 5.75 Å². The summed E-state index contributed by atoms with van der Waals surface area (Å²) in [6.07, 6.45) is 7.91. The molecule has 4 nitrogen and oxygen atoms in total. The van der Waals surface area contributed by atoms with Crippen molar-refractivity contribution in [2.75, 3.05) is 6.61 Å². The fraction of sp³-hybridized carbons (Fsp3) is 0.720. The van der Waals surface area contributed by atoms with Gasteiger partial charge in [-0.2, -0.15) is 0 Å². The second-order valence-electron chi connectivity index (χ2n) is 9.73. The van der Waals surface area contributed by atoms with Gasteiger partial charge in [0.2, 0.25) is 0 Å². The first kappa shape index (κ1) is 20.6. The van der Waals surface area contributed by atoms with E-state index < -0.39 is 6.16 Å². The van der Waals surface area contributed by atoms with Gasteiger partial charge >= 0.3 is 6.16 Å². The number of unbranched alkanes of at least 4 members (excludes halogenated alkanes) is 1. The highest BCUT2D eigenvalue weighted by Gasteiger charge is 2.58. The van der Waals surface area contributed by atoms with Crippen molar-refractivity contribution in [1.82, 2.24) is 0 Å². The van der Waals surface area contributed by atoms with Gasteiger partial charge in [0.05, 0.1) is 6.61 Å². The lowest BCUT2D eigenvalue weighted by Gasteiger charge is -2.53. The van der Waals surface area contributed by atoms with Crippen LogP contribution in [0.25, 0.3) is 0 Å². The summed E-state index contributed by atoms with van der Waals surface area (Å²) in [5.74, 6) is 2.81. The molecular weight excluding hydrogens is 364 g/mol. The Morgan fingerprint density at radius 2 is 2.07 bits per heavy atom. The van der Waals surface area contributed by atoms with Crippen molar-refractivity contribution in [3.63, 3.8) is 0 Å². The Kier molecular flexibility index (Phi) is 5.81. The van der Waals surface area contributed by atoms with Crippen molar-refractivity contribution >= 4 is 6.16 Å². The van der Waals surface area contributed by atoms with Gasteiger partial charge in [-0.3, -0.25) is 0 Å². The van der Waals surface area contributed by atoms with E-state index in [0.29, 0.717) is 36.0 Å². The van der Waals surface area contributed by atoms with E-state index in [4.69, 9.17) is 9.47 Å². The minimum absolute atomic E-state index is 0.0266. The molecule has 1 N–H and O–H groups in total. The summed E-state index contributed by atoms with van der Waals surface area (Å²) in [5.41, 5.74) is 2.84. The van der Waals surface area contributed by atoms with Crippen molar-refractivity contribution in [3.05, 3.63) is 29.3 Å². The van der Waals surface area contributed by atoms with Crippen LogP contribution in [0, 0.1) is 23.2 Å². The van der Waals surface area contributed by atoms with Crippen molar-refractivity contribution in [3.8, 4) is 5.75 Å². The fourth-order valence-electron chi connectivity index (χ4n) is 6.78. The Labute approximate surface area is 175 Å². The molecule has 4 heteroatoms. The Morgan fingerprint density at radius 1 is 1.24 bits per heavy atom. The summed E-state index contributed by atoms with van der Waals surface area (Å²) in [4.78, 5) is 12.2. The first-order chi connectivity index (χ1) is 14.0. The molecule has 0 amide bonds. The van der Waals surface area contributed by atoms with Crippen LogP contribution in [0.2, 0.25) is 0 Å². The largest absolute Gasteiger partial charge is 0.508 e. The number of carbonyl (C=O) groups is 1. The molecule has 0 radical (unpaired) electrons. The molecule has 0 aromatic heterocycles. The van der Waals surface area contributed by atoms with Gasteiger partial charge in [0.15, 0.2) is 0 Å². The highest BCUT2D eigenvalue weighted by atomic mass is 16.7. The number of ether oxygens (including phenoxy) is 2. The molecule has 3 aliphatic carbocycles. The zero-order valence-electron chi connectivity index (χ0n) is 18.2. The maximum absolute atomic E-state index is 12.2. The maximum atomic E-state index is 12.2. The summed E-state index contributed by atoms with van der Waals surface area (Å²) < 4.78 is 11.2. The molecule has 0 spiro atoms. The normalized spacial score (nSPS) is 35.3. The minimum atomic E-state index is -0.482. The predicted molar refractivity (Wildman–Crippen MR) is 113 cm³/mol. The molecule has 3 unspecified atom stereocenters. The van der Waals surface area contributed by atoms with Crippen molar-refractivity contribution in [1.29, 1.82) is 0 Å². The molecule has 2 fully saturated rings. The zero-order valence-corrected chi connectivity index (χ0v) is 18.2. The number of benzene rings is 1. The average molecular weight is 401 g/mol. The van der Waals surface area contributed by atoms with Gasteiger partial charge in [0.25, 0.3) is 0 Å². The summed E-state index contributed by atoms with van der Waals surface area (Å²) in [5, 5.41) is 9.97. The molecule has 4 rings (SSSR count). The summed E-state index contributed by atoms with van der Waals surface area (Å²) in [6, 6.07) is 5.99. The minimum Gasteiger partial charge on any atom is -0.508 e. The van der Waals surface area contributed by atoms with E-state index in [-0.39, 0.29) is 11.5 Å². The maximum Gasteiger partial charge on any atom is 0.508 e. The van der Waals surface area contributed by atoms with E-state index in [9.17, 15) is 9.90 Å². The van der Waals surface area contributed by atoms with Gasteiger partial charge in [-0.1, -0.05) is 39.7 Å². The summed E-state index contributed by atoms with van der Waals surface area (Å²) in [6.45, 7) is 7.19. The van der Waals surface area contributed by atoms with Crippen LogP contribution in [0.1, 0.15) is 82.8 Å². The standard InChI is InChI=1S/C25H36O4/c1-4-6-13-28-24(27)29-22-10-9-21-23-16(5-2)14-17-15-18(26)7-8-19(17)20(23)11-12-25(21,22)3/h7-8,15-16,20-23,26H,4-6,9-14H2,1-3H3/t16-,20?,21?,22+,23?,25+/m1/s1. The summed E-state index contributed by atoms with van der Waals surface area (Å²) >= 11 is 0. The number of aromatic hydroxyl groups is 1. The molecule has 2 saturated carbocycles. The quantitative estimate of drug-likeness (QED) is 0.472. The number of hydrogen-bond acceptors (Lipinski definition) is 4. The summed E-state index contributed by atoms with van der Waals surface area (Å²) in [7, 11) is 0. The van der Waals surface area contributed by atoms with Crippen LogP contribution in [-0.4, -0.2) is 24.0 Å². The van der Waals surface area contributed by atoms with E-state index in [1.54, 1.807) is 0 Å². The molecule has 160 valence electrons. The van der Waals surface area contributed by atoms with Crippen LogP contribution >= 0.6 is 0 Å². The van der Waals surface area contributed by atoms with Gasteiger partial charge < -0.3 is 14.6 Å². The first-order valence-electron chi connectivity index (χ1n) is 11.6. The van der Waals surface area contributed by atoms with E-state index in [2.05, 4.69) is 26.8 Å². The van der Waals surface area contributed by atoms with E-state index >= 15 is 0 Å². The number of phenols is 1. The fourth-order valence-corrected chi connectivity index (χ4v) is 6.78. The lowest BCUT2D eigenvalue weighted by atomic mass is 9.52. The van der Waals surface area contributed by atoms with Gasteiger partial charge in [-0.15, -0.1) is 0 Å². The number of fused-ring (bicyclic) bond motifs is 5. The lowest BCUT2D eigenvalue weighted by molar-refractivity contribution is -0.0635. The topological polar surface area (TPSA) is 55.8 Å². The van der Waals surface area contributed by atoms with Gasteiger partial charge in [0.1, 0.15) is 11.9 Å². The van der Waals surface area contributed by atoms with Crippen molar-refractivity contribution in [2.24, 2.45) is 23.2 Å². The second kappa shape index (κ2) is 8.20. The Balaban J connectivity index is 1.54. The Morgan fingerprint density at radius 3 is 2.83 bits per heavy atom. The van der Waals surface area contributed by atoms with E-state index in [0.717, 1.165) is 51.4 Å². The first-order valence-corrected chi connectivity index (χ1v) is 11.6. The third-order valence-electron chi connectivity index (χ3n) is 8.28. The molecule has 1 aromatic carbocycles. The molecule has 29 heavy (non-hydrogen) atoms. The van der Waals surface area contributed by atoms with Crippen LogP contribution in [0.3, 0.4) is 0 Å². The molecule has 0 heterocycles. The highest BCUT2D eigenvalue weighted by Crippen LogP contribution is 2.63. The van der Waals surface area contributed by atoms with Crippen molar-refractivity contribution < 1.29 is 19.4 Å². The molecule has 6 atom stereocenters. The number of phenolic OH excluding ortho intramolecular Hbond substituents is 1. The molecule has 0 saturated heterocycles. The Hall–Kier alpha value is -1.71. The van der Waals surface area contributed by atoms with Crippen LogP contribution < -0.4 is 0 Å². The number of carbonyl (C=O) groups excluding carboxylic acids is 1. The monoisotopic (exact) mass is 400 g/mol. The van der Waals surface area contributed by atoms with E-state index in [1.807, 2.05) is 12.1 Å². The van der Waals surface area contributed by atoms with Crippen LogP contribution in [0.4, 0.5) is 4.79 Å². The third kappa shape index (κ3) is 3.64. The molecule has 0 aliphatic heterocycles. The molecule has 3 aliphatic rings. The van der Waals surface area contributed by atoms with Gasteiger partial charge in [-0.25, -0.2) is 4.79 Å². The second-order valence-corrected chi connectivity index (χ2v) is 9.73. The predicted octanol–water partition coefficient (Wildman–Crippen LogP) is 6.21. The van der Waals surface area contributed by atoms with Crippen molar-refractivity contribution in [2.45, 2.75) is 84.2 Å². The highest BCUT2D eigenvalue weighted by molar-refractivity contribution is 5.60. The SMILES string of the molecule is CCCCOC(=O)O[C@H]1CCC2C3C(CC[C@@]21C)c1ccc(O)cc1C[C@H]3CC. The Bertz CT molecular complexity index is 744. The van der Waals surface area contributed by atoms with Gasteiger partial charge in [0, 0.05) is 5.41 Å². The smallest absolute Gasteiger partial charge is 0.508 e. The third-order valence-corrected chi connectivity index (χ3v) is 8.28. The lowest BCUT2D eigenvalue weighted by Crippen LogP contribution is -2.48. The number of hydrogen-bond donors (Lipinski definition) is 1. The number of rotatable bonds is 5. The van der Waals surface area contributed by atoms with E-state index in [1.165, 1.54) is 11.1 Å². The van der Waals surface area contributed by atoms with Crippen LogP contribution in [0.15, 0.2) is 18.2 Å². The van der Waals surface area contributed by atoms with Crippen LogP contribution in [-0.2, 0) is 15.9 Å².